The van der Waals surface area contributed by atoms with Crippen molar-refractivity contribution < 1.29 is 4.74 Å². The quantitative estimate of drug-likeness (QED) is 0.600. The minimum absolute atomic E-state index is 0.308. The van der Waals surface area contributed by atoms with E-state index in [2.05, 4.69) is 43.2 Å². The van der Waals surface area contributed by atoms with Gasteiger partial charge in [0.15, 0.2) is 0 Å². The molecule has 2 saturated heterocycles. The van der Waals surface area contributed by atoms with Gasteiger partial charge in [-0.15, -0.1) is 12.6 Å². The Morgan fingerprint density at radius 3 is 2.00 bits per heavy atom. The third-order valence-electron chi connectivity index (χ3n) is 4.45. The Bertz CT molecular complexity index is 321. The van der Waals surface area contributed by atoms with E-state index in [0.717, 1.165) is 25.2 Å². The first-order valence-corrected chi connectivity index (χ1v) is 8.43. The fourth-order valence-corrected chi connectivity index (χ4v) is 3.36. The molecule has 0 amide bonds. The summed E-state index contributed by atoms with van der Waals surface area (Å²) in [6, 6.07) is 1.54. The Kier molecular flexibility index (Phi) is 5.11. The van der Waals surface area contributed by atoms with Crippen LogP contribution in [0.5, 0.6) is 0 Å². The Morgan fingerprint density at radius 1 is 1.00 bits per heavy atom. The van der Waals surface area contributed by atoms with E-state index in [1.54, 1.807) is 0 Å². The Morgan fingerprint density at radius 2 is 1.55 bits per heavy atom. The number of thiol groups is 1. The summed E-state index contributed by atoms with van der Waals surface area (Å²) >= 11 is 4.41. The minimum atomic E-state index is -0.308. The van der Waals surface area contributed by atoms with Crippen molar-refractivity contribution in [3.63, 3.8) is 0 Å². The molecule has 0 aliphatic carbocycles. The first kappa shape index (κ1) is 16.6. The molecule has 0 unspecified atom stereocenters. The summed E-state index contributed by atoms with van der Waals surface area (Å²) in [7, 11) is 0. The molecule has 0 saturated carbocycles. The highest BCUT2D eigenvalue weighted by Gasteiger charge is 2.42. The maximum absolute atomic E-state index is 5.73. The van der Waals surface area contributed by atoms with Crippen molar-refractivity contribution in [3.8, 4) is 0 Å². The van der Waals surface area contributed by atoms with E-state index in [1.165, 1.54) is 32.5 Å². The monoisotopic (exact) mass is 300 g/mol. The van der Waals surface area contributed by atoms with Gasteiger partial charge in [0.25, 0.3) is 0 Å². The van der Waals surface area contributed by atoms with Crippen LogP contribution < -0.4 is 0 Å². The van der Waals surface area contributed by atoms with E-state index < -0.39 is 0 Å². The Hall–Kier alpha value is 0.230. The molecule has 4 heteroatoms. The molecule has 0 aromatic rings. The molecule has 0 radical (unpaired) electrons. The molecular weight excluding hydrogens is 268 g/mol. The van der Waals surface area contributed by atoms with Crippen LogP contribution in [-0.4, -0.2) is 59.6 Å². The van der Waals surface area contributed by atoms with Crippen molar-refractivity contribution in [2.45, 2.75) is 64.5 Å². The number of hydrogen-bond donors (Lipinski definition) is 1. The molecule has 2 heterocycles. The largest absolute Gasteiger partial charge is 0.364 e. The number of piperazine rings is 1. The standard InChI is InChI=1S/C16H32N2OS/c1-15(2,3)6-7-17-11-14-10-13(17)12-18(14)8-9-19-16(4,5)20/h13-14,20H,6-12H2,1-5H3/t13-,14-/m0/s1. The maximum atomic E-state index is 5.73. The predicted octanol–water partition coefficient (Wildman–Crippen LogP) is 2.86. The first-order chi connectivity index (χ1) is 9.14. The van der Waals surface area contributed by atoms with Gasteiger partial charge in [0.05, 0.1) is 6.61 Å². The Balaban J connectivity index is 1.69. The van der Waals surface area contributed by atoms with E-state index in [4.69, 9.17) is 4.74 Å². The SMILES string of the molecule is CC(C)(C)CCN1C[C@@H]2C[C@H]1CN2CCOC(C)(C)S. The van der Waals surface area contributed by atoms with Crippen LogP contribution in [0.4, 0.5) is 0 Å². The molecular formula is C16H32N2OS. The second-order valence-electron chi connectivity index (χ2n) is 8.14. The van der Waals surface area contributed by atoms with Crippen LogP contribution in [0.1, 0.15) is 47.5 Å². The van der Waals surface area contributed by atoms with Gasteiger partial charge in [0, 0.05) is 31.7 Å². The first-order valence-electron chi connectivity index (χ1n) is 7.98. The van der Waals surface area contributed by atoms with Crippen LogP contribution in [0.3, 0.4) is 0 Å². The zero-order valence-corrected chi connectivity index (χ0v) is 14.7. The van der Waals surface area contributed by atoms with Gasteiger partial charge in [0.2, 0.25) is 0 Å². The molecule has 3 nitrogen and oxygen atoms in total. The molecule has 0 aromatic carbocycles. The second-order valence-corrected chi connectivity index (χ2v) is 9.22. The third kappa shape index (κ3) is 4.90. The van der Waals surface area contributed by atoms with E-state index in [0.29, 0.717) is 5.41 Å². The number of hydrogen-bond acceptors (Lipinski definition) is 4. The molecule has 0 N–H and O–H groups in total. The van der Waals surface area contributed by atoms with Crippen molar-refractivity contribution in [2.24, 2.45) is 5.41 Å². The lowest BCUT2D eigenvalue weighted by Crippen LogP contribution is -2.48. The third-order valence-corrected chi connectivity index (χ3v) is 4.58. The summed E-state index contributed by atoms with van der Waals surface area (Å²) in [5.74, 6) is 0. The predicted molar refractivity (Wildman–Crippen MR) is 88.4 cm³/mol. The number of nitrogens with zero attached hydrogens (tertiary/aromatic N) is 2. The lowest BCUT2D eigenvalue weighted by Gasteiger charge is -2.35. The molecule has 2 aliphatic heterocycles. The van der Waals surface area contributed by atoms with E-state index in [-0.39, 0.29) is 4.93 Å². The molecule has 2 fully saturated rings. The highest BCUT2D eigenvalue weighted by atomic mass is 32.1. The zero-order chi connectivity index (χ0) is 15.0. The van der Waals surface area contributed by atoms with Gasteiger partial charge in [-0.25, -0.2) is 0 Å². The molecule has 2 atom stereocenters. The number of ether oxygens (including phenoxy) is 1. The average Bonchev–Trinajstić information content (AvgIpc) is 2.82. The molecule has 118 valence electrons. The molecule has 2 bridgehead atoms. The maximum Gasteiger partial charge on any atom is 0.105 e. The minimum Gasteiger partial charge on any atom is -0.364 e. The van der Waals surface area contributed by atoms with Crippen molar-refractivity contribution in [2.75, 3.05) is 32.8 Å². The number of rotatable bonds is 6. The number of likely N-dealkylation sites (tertiary alicyclic amines) is 2. The molecule has 2 aliphatic rings. The van der Waals surface area contributed by atoms with E-state index >= 15 is 0 Å². The van der Waals surface area contributed by atoms with Crippen LogP contribution in [0, 0.1) is 5.41 Å². The molecule has 20 heavy (non-hydrogen) atoms. The molecule has 2 rings (SSSR count). The molecule has 0 spiro atoms. The van der Waals surface area contributed by atoms with Crippen LogP contribution in [0.25, 0.3) is 0 Å². The van der Waals surface area contributed by atoms with Crippen molar-refractivity contribution in [3.05, 3.63) is 0 Å². The topological polar surface area (TPSA) is 15.7 Å². The van der Waals surface area contributed by atoms with Gasteiger partial charge in [0.1, 0.15) is 4.93 Å². The van der Waals surface area contributed by atoms with Gasteiger partial charge in [-0.1, -0.05) is 20.8 Å². The summed E-state index contributed by atoms with van der Waals surface area (Å²) in [6.45, 7) is 16.6. The summed E-state index contributed by atoms with van der Waals surface area (Å²) in [5.41, 5.74) is 0.452. The smallest absolute Gasteiger partial charge is 0.105 e. The molecule has 0 aromatic heterocycles. The summed E-state index contributed by atoms with van der Waals surface area (Å²) in [6.07, 6.45) is 2.65. The average molecular weight is 301 g/mol. The van der Waals surface area contributed by atoms with Gasteiger partial charge in [-0.3, -0.25) is 9.80 Å². The van der Waals surface area contributed by atoms with Crippen molar-refractivity contribution >= 4 is 12.6 Å². The Labute approximate surface area is 130 Å². The van der Waals surface area contributed by atoms with Gasteiger partial charge in [-0.2, -0.15) is 0 Å². The van der Waals surface area contributed by atoms with Crippen LogP contribution in [0.2, 0.25) is 0 Å². The van der Waals surface area contributed by atoms with Crippen LogP contribution >= 0.6 is 12.6 Å². The summed E-state index contributed by atoms with van der Waals surface area (Å²) < 4.78 is 5.73. The van der Waals surface area contributed by atoms with Crippen molar-refractivity contribution in [1.82, 2.24) is 9.80 Å². The van der Waals surface area contributed by atoms with Crippen LogP contribution in [-0.2, 0) is 4.74 Å². The second kappa shape index (κ2) is 6.15. The normalized spacial score (nSPS) is 28.5. The van der Waals surface area contributed by atoms with Crippen molar-refractivity contribution in [1.29, 1.82) is 0 Å². The summed E-state index contributed by atoms with van der Waals surface area (Å²) in [5, 5.41) is 0. The zero-order valence-electron chi connectivity index (χ0n) is 13.9. The van der Waals surface area contributed by atoms with Crippen LogP contribution in [0.15, 0.2) is 0 Å². The van der Waals surface area contributed by atoms with Gasteiger partial charge >= 0.3 is 0 Å². The highest BCUT2D eigenvalue weighted by molar-refractivity contribution is 7.81. The lowest BCUT2D eigenvalue weighted by atomic mass is 9.92. The summed E-state index contributed by atoms with van der Waals surface area (Å²) in [4.78, 5) is 5.01. The number of fused-ring (bicyclic) bond motifs is 2. The lowest BCUT2D eigenvalue weighted by molar-refractivity contribution is 0.0252. The van der Waals surface area contributed by atoms with Gasteiger partial charge in [-0.05, 0) is 38.6 Å². The fourth-order valence-electron chi connectivity index (χ4n) is 3.27. The highest BCUT2D eigenvalue weighted by Crippen LogP contribution is 2.32. The van der Waals surface area contributed by atoms with E-state index in [1.807, 2.05) is 13.8 Å². The fraction of sp³-hybridized carbons (Fsp3) is 1.00. The van der Waals surface area contributed by atoms with E-state index in [9.17, 15) is 0 Å². The van der Waals surface area contributed by atoms with Gasteiger partial charge < -0.3 is 4.74 Å².